The third-order valence-electron chi connectivity index (χ3n) is 15.8. The van der Waals surface area contributed by atoms with Gasteiger partial charge < -0.3 is 18.4 Å². The SMILES string of the molecule is [C-]#[N+]/C(C1=Nc2cccc3cccc(c23)O1)=c1\c2c(Cc3ccc(C)cc3)n(B(c3ccccc3)c3ccccc3)/c(=C(/C#N)C3=Nc4cccc5cccc(c45)O3)c2c(-c2ccccc2C)n1B(c1ccccc1)c1ccccc1. The first-order valence-electron chi connectivity index (χ1n) is 27.2. The molecule has 2 aliphatic heterocycles. The van der Waals surface area contributed by atoms with Crippen LogP contribution in [0.15, 0.2) is 253 Å². The molecule has 0 radical (unpaired) electrons. The smallest absolute Gasteiger partial charge is 0.327 e. The summed E-state index contributed by atoms with van der Waals surface area (Å²) < 4.78 is 18.8. The molecule has 14 rings (SSSR count). The summed E-state index contributed by atoms with van der Waals surface area (Å²) in [7, 11) is 0. The van der Waals surface area contributed by atoms with Crippen molar-refractivity contribution in [1.29, 1.82) is 5.26 Å². The molecule has 0 atom stereocenters. The summed E-state index contributed by atoms with van der Waals surface area (Å²) in [6.45, 7) is 12.8. The summed E-state index contributed by atoms with van der Waals surface area (Å²) in [6.07, 6.45) is 0.382. The van der Waals surface area contributed by atoms with E-state index in [1.807, 2.05) is 72.8 Å². The van der Waals surface area contributed by atoms with Crippen LogP contribution in [0.4, 0.5) is 11.4 Å². The lowest BCUT2D eigenvalue weighted by Gasteiger charge is -2.25. The predicted octanol–water partition coefficient (Wildman–Crippen LogP) is 11.9. The van der Waals surface area contributed by atoms with Gasteiger partial charge >= 0.3 is 13.7 Å². The molecule has 0 aliphatic carbocycles. The van der Waals surface area contributed by atoms with Crippen molar-refractivity contribution in [3.05, 3.63) is 287 Å². The van der Waals surface area contributed by atoms with Crippen LogP contribution in [0.25, 0.3) is 59.7 Å². The zero-order valence-electron chi connectivity index (χ0n) is 44.5. The Labute approximate surface area is 469 Å². The van der Waals surface area contributed by atoms with Gasteiger partial charge in [-0.2, -0.15) is 5.26 Å². The van der Waals surface area contributed by atoms with Crippen molar-refractivity contribution in [3.8, 4) is 28.8 Å². The van der Waals surface area contributed by atoms with Crippen molar-refractivity contribution in [2.75, 3.05) is 0 Å². The average Bonchev–Trinajstić information content (AvgIpc) is 4.23. The lowest BCUT2D eigenvalue weighted by Crippen LogP contribution is -2.55. The van der Waals surface area contributed by atoms with Gasteiger partial charge in [-0.1, -0.05) is 246 Å². The summed E-state index contributed by atoms with van der Waals surface area (Å²) in [5.41, 5.74) is 11.5. The number of nitrogens with zero attached hydrogens (tertiary/aromatic N) is 6. The van der Waals surface area contributed by atoms with E-state index in [-0.39, 0.29) is 23.1 Å². The van der Waals surface area contributed by atoms with Crippen LogP contribution in [0.5, 0.6) is 11.5 Å². The van der Waals surface area contributed by atoms with Gasteiger partial charge in [0.25, 0.3) is 5.70 Å². The van der Waals surface area contributed by atoms with E-state index in [0.29, 0.717) is 40.0 Å². The summed E-state index contributed by atoms with van der Waals surface area (Å²) in [4.78, 5) is 15.3. The highest BCUT2D eigenvalue weighted by molar-refractivity contribution is 6.85. The molecule has 0 amide bonds. The second kappa shape index (κ2) is 20.3. The van der Waals surface area contributed by atoms with Crippen molar-refractivity contribution in [2.24, 2.45) is 9.98 Å². The van der Waals surface area contributed by atoms with E-state index in [9.17, 15) is 11.8 Å². The van der Waals surface area contributed by atoms with Crippen LogP contribution in [-0.4, -0.2) is 34.4 Å². The Kier molecular flexibility index (Phi) is 12.2. The van der Waals surface area contributed by atoms with E-state index < -0.39 is 13.7 Å². The van der Waals surface area contributed by atoms with E-state index in [4.69, 9.17) is 19.5 Å². The van der Waals surface area contributed by atoms with Gasteiger partial charge in [-0.05, 0) is 60.0 Å². The molecule has 0 spiro atoms. The lowest BCUT2D eigenvalue weighted by molar-refractivity contribution is 0.560. The van der Waals surface area contributed by atoms with Gasteiger partial charge in [0, 0.05) is 39.5 Å². The highest BCUT2D eigenvalue weighted by Gasteiger charge is 2.38. The minimum atomic E-state index is -0.549. The maximum Gasteiger partial charge on any atom is 0.327 e. The average molecular weight is 1040 g/mol. The fourth-order valence-corrected chi connectivity index (χ4v) is 12.2. The minimum Gasteiger partial charge on any atom is -0.448 e. The Morgan fingerprint density at radius 1 is 0.494 bits per heavy atom. The second-order valence-corrected chi connectivity index (χ2v) is 20.7. The Hall–Kier alpha value is -10.7. The minimum absolute atomic E-state index is 0.165. The number of aromatic nitrogens is 2. The van der Waals surface area contributed by atoms with E-state index in [2.05, 4.69) is 204 Å². The predicted molar refractivity (Wildman–Crippen MR) is 332 cm³/mol. The topological polar surface area (TPSA) is 81.2 Å². The molecular weight excluding hydrogens is 990 g/mol. The van der Waals surface area contributed by atoms with Crippen LogP contribution in [0.3, 0.4) is 0 Å². The first-order chi connectivity index (χ1) is 39.9. The molecule has 10 aromatic carbocycles. The van der Waals surface area contributed by atoms with Gasteiger partial charge in [0.15, 0.2) is 0 Å². The summed E-state index contributed by atoms with van der Waals surface area (Å²) >= 11 is 0. The Balaban J connectivity index is 1.29. The fraction of sp³-hybridized carbons (Fsp3) is 0.0423. The summed E-state index contributed by atoms with van der Waals surface area (Å²) in [5.74, 6) is 1.55. The number of fused-ring (bicyclic) bond motifs is 1. The van der Waals surface area contributed by atoms with Crippen LogP contribution in [0.2, 0.25) is 0 Å². The van der Waals surface area contributed by atoms with Gasteiger partial charge in [0.1, 0.15) is 23.1 Å². The van der Waals surface area contributed by atoms with Gasteiger partial charge in [-0.15, -0.1) is 0 Å². The van der Waals surface area contributed by atoms with Crippen LogP contribution >= 0.6 is 0 Å². The van der Waals surface area contributed by atoms with E-state index >= 15 is 0 Å². The number of ether oxygens (including phenoxy) is 2. The maximum absolute atomic E-state index is 12.4. The molecule has 10 heteroatoms. The zero-order valence-corrected chi connectivity index (χ0v) is 44.5. The number of benzene rings is 10. The molecule has 2 aromatic heterocycles. The highest BCUT2D eigenvalue weighted by Crippen LogP contribution is 2.41. The molecule has 8 nitrogen and oxygen atoms in total. The van der Waals surface area contributed by atoms with Crippen LogP contribution in [-0.2, 0) is 6.42 Å². The van der Waals surface area contributed by atoms with E-state index in [1.165, 1.54) is 0 Å². The second-order valence-electron chi connectivity index (χ2n) is 20.7. The summed E-state index contributed by atoms with van der Waals surface area (Å²) in [5, 5.41) is 18.8. The van der Waals surface area contributed by atoms with E-state index in [1.54, 1.807) is 0 Å². The first kappa shape index (κ1) is 48.7. The van der Waals surface area contributed by atoms with Gasteiger partial charge in [-0.25, -0.2) is 14.8 Å². The standard InChI is InChI=1S/C71H48B2N6O2/c1-46-40-42-48(43-41-46)44-59-64-65(68(78(59)72(51-27-8-4-9-28-51)52-29-10-5-11-30-52)56(45-74)70-76-57-36-18-23-49-25-20-38-60(80-70)62(49)57)67(55-35-17-16-22-47(55)2)79(73(53-31-12-6-13-32-53)54-33-14-7-15-34-54)69(64)66(75-3)71-77-58-37-19-24-50-26-21-39-61(81-71)63(50)58/h4-43H,44H2,1-2H3/b68-56-,69-66+. The van der Waals surface area contributed by atoms with Crippen molar-refractivity contribution in [2.45, 2.75) is 20.3 Å². The van der Waals surface area contributed by atoms with Crippen LogP contribution in [0, 0.1) is 31.8 Å². The quantitative estimate of drug-likeness (QED) is 0.0956. The molecule has 0 saturated carbocycles. The highest BCUT2D eigenvalue weighted by atomic mass is 16.5. The molecule has 0 bridgehead atoms. The number of nitriles is 1. The van der Waals surface area contributed by atoms with Crippen LogP contribution in [0.1, 0.15) is 22.4 Å². The molecule has 2 aliphatic rings. The molecule has 81 heavy (non-hydrogen) atoms. The van der Waals surface area contributed by atoms with Gasteiger partial charge in [0.05, 0.1) is 34.1 Å². The monoisotopic (exact) mass is 1040 g/mol. The normalized spacial score (nSPS) is 13.1. The molecule has 0 N–H and O–H groups in total. The molecule has 0 saturated heterocycles. The number of aryl methyl sites for hydroxylation is 2. The maximum atomic E-state index is 12.4. The molecule has 12 aromatic rings. The third-order valence-corrected chi connectivity index (χ3v) is 15.8. The van der Waals surface area contributed by atoms with Crippen molar-refractivity contribution in [3.63, 3.8) is 0 Å². The molecule has 0 unspecified atom stereocenters. The Bertz CT molecular complexity index is 4550. The Morgan fingerprint density at radius 2 is 0.963 bits per heavy atom. The first-order valence-corrected chi connectivity index (χ1v) is 27.2. The molecule has 380 valence electrons. The van der Waals surface area contributed by atoms with Gasteiger partial charge in [-0.3, -0.25) is 0 Å². The number of aliphatic imine (C=N–C) groups is 2. The van der Waals surface area contributed by atoms with Crippen molar-refractivity contribution in [1.82, 2.24) is 8.96 Å². The number of hydrogen-bond acceptors (Lipinski definition) is 5. The van der Waals surface area contributed by atoms with E-state index in [0.717, 1.165) is 87.8 Å². The number of hydrogen-bond donors (Lipinski definition) is 0. The largest absolute Gasteiger partial charge is 0.448 e. The van der Waals surface area contributed by atoms with Gasteiger partial charge in [0.2, 0.25) is 11.8 Å². The zero-order chi connectivity index (χ0) is 54.6. The lowest BCUT2D eigenvalue weighted by atomic mass is 9.50. The number of rotatable bonds is 11. The fourth-order valence-electron chi connectivity index (χ4n) is 12.2. The molecule has 4 heterocycles. The Morgan fingerprint density at radius 3 is 1.47 bits per heavy atom. The molecular formula is C71H48B2N6O2. The van der Waals surface area contributed by atoms with Crippen molar-refractivity contribution >= 4 is 102 Å². The third kappa shape index (κ3) is 8.32. The van der Waals surface area contributed by atoms with Crippen molar-refractivity contribution < 1.29 is 9.47 Å². The molecule has 0 fully saturated rings. The summed E-state index contributed by atoms with van der Waals surface area (Å²) in [6, 6.07) is 85.8. The van der Waals surface area contributed by atoms with Crippen LogP contribution < -0.4 is 42.0 Å².